The van der Waals surface area contributed by atoms with E-state index >= 15 is 0 Å². The zero-order valence-corrected chi connectivity index (χ0v) is 15.3. The summed E-state index contributed by atoms with van der Waals surface area (Å²) in [5.74, 6) is -1.03. The Labute approximate surface area is 152 Å². The van der Waals surface area contributed by atoms with Crippen molar-refractivity contribution < 1.29 is 19.1 Å². The van der Waals surface area contributed by atoms with Crippen LogP contribution in [-0.4, -0.2) is 77.4 Å². The molecular formula is C18H24N4O4. The van der Waals surface area contributed by atoms with E-state index in [1.165, 1.54) is 0 Å². The van der Waals surface area contributed by atoms with E-state index in [0.717, 1.165) is 11.4 Å². The Morgan fingerprint density at radius 2 is 2.38 bits per heavy atom. The first-order valence-corrected chi connectivity index (χ1v) is 8.86. The van der Waals surface area contributed by atoms with Gasteiger partial charge in [-0.05, 0) is 13.0 Å². The minimum Gasteiger partial charge on any atom is -0.383 e. The number of hydrogen-bond donors (Lipinski definition) is 1. The molecule has 2 unspecified atom stereocenters. The van der Waals surface area contributed by atoms with Gasteiger partial charge in [-0.2, -0.15) is 5.10 Å². The Morgan fingerprint density at radius 1 is 1.58 bits per heavy atom. The fourth-order valence-electron chi connectivity index (χ4n) is 4.38. The summed E-state index contributed by atoms with van der Waals surface area (Å²) in [4.78, 5) is 29.5. The van der Waals surface area contributed by atoms with Crippen molar-refractivity contribution in [2.75, 3.05) is 33.9 Å². The molecule has 2 saturated heterocycles. The van der Waals surface area contributed by atoms with Crippen LogP contribution in [0.1, 0.15) is 11.4 Å². The zero-order valence-electron chi connectivity index (χ0n) is 15.3. The molecule has 3 aliphatic rings. The lowest BCUT2D eigenvalue weighted by Crippen LogP contribution is -2.44. The molecule has 4 rings (SSSR count). The Kier molecular flexibility index (Phi) is 4.11. The molecule has 3 aliphatic heterocycles. The van der Waals surface area contributed by atoms with Gasteiger partial charge in [0.1, 0.15) is 5.60 Å². The number of hydrogen-bond acceptors (Lipinski definition) is 5. The number of carbonyl (C=O) groups excluding carboxylic acids is 2. The van der Waals surface area contributed by atoms with E-state index in [9.17, 15) is 9.59 Å². The lowest BCUT2D eigenvalue weighted by Gasteiger charge is -2.27. The van der Waals surface area contributed by atoms with Crippen LogP contribution in [0.4, 0.5) is 0 Å². The van der Waals surface area contributed by atoms with Crippen molar-refractivity contribution in [2.45, 2.75) is 25.2 Å². The average Bonchev–Trinajstić information content (AvgIpc) is 3.34. The predicted molar refractivity (Wildman–Crippen MR) is 92.0 cm³/mol. The number of aryl methyl sites for hydroxylation is 1. The first kappa shape index (κ1) is 17.2. The van der Waals surface area contributed by atoms with Crippen molar-refractivity contribution in [3.63, 3.8) is 0 Å². The molecule has 2 bridgehead atoms. The van der Waals surface area contributed by atoms with E-state index in [0.29, 0.717) is 26.2 Å². The van der Waals surface area contributed by atoms with Gasteiger partial charge in [0.25, 0.3) is 0 Å². The summed E-state index contributed by atoms with van der Waals surface area (Å²) in [6, 6.07) is 1.91. The second-order valence-corrected chi connectivity index (χ2v) is 7.39. The molecular weight excluding hydrogens is 336 g/mol. The van der Waals surface area contributed by atoms with Gasteiger partial charge in [0.2, 0.25) is 11.8 Å². The maximum Gasteiger partial charge on any atom is 0.230 e. The highest BCUT2D eigenvalue weighted by atomic mass is 16.5. The molecule has 140 valence electrons. The van der Waals surface area contributed by atoms with Gasteiger partial charge >= 0.3 is 0 Å². The molecule has 26 heavy (non-hydrogen) atoms. The summed E-state index contributed by atoms with van der Waals surface area (Å²) in [6.45, 7) is 3.79. The molecule has 1 spiro atoms. The highest BCUT2D eigenvalue weighted by Crippen LogP contribution is 2.52. The van der Waals surface area contributed by atoms with Crippen LogP contribution < -0.4 is 0 Å². The van der Waals surface area contributed by atoms with Gasteiger partial charge in [0.05, 0.1) is 43.3 Å². The summed E-state index contributed by atoms with van der Waals surface area (Å²) in [5.41, 5.74) is 1.08. The molecule has 2 amide bonds. The number of fused-ring (bicyclic) bond motifs is 1. The van der Waals surface area contributed by atoms with Crippen molar-refractivity contribution in [3.8, 4) is 0 Å². The van der Waals surface area contributed by atoms with E-state index in [2.05, 4.69) is 10.2 Å². The van der Waals surface area contributed by atoms with Crippen LogP contribution >= 0.6 is 0 Å². The third kappa shape index (κ3) is 2.55. The smallest absolute Gasteiger partial charge is 0.230 e. The molecule has 1 aromatic heterocycles. The number of likely N-dealkylation sites (tertiary alicyclic amines) is 1. The number of aromatic nitrogens is 2. The maximum atomic E-state index is 13.1. The highest BCUT2D eigenvalue weighted by molar-refractivity contribution is 5.93. The minimum atomic E-state index is -0.667. The van der Waals surface area contributed by atoms with Crippen LogP contribution in [0.2, 0.25) is 0 Å². The third-order valence-corrected chi connectivity index (χ3v) is 5.56. The van der Waals surface area contributed by atoms with Crippen LogP contribution in [0.5, 0.6) is 0 Å². The molecule has 8 heteroatoms. The largest absolute Gasteiger partial charge is 0.383 e. The van der Waals surface area contributed by atoms with Crippen LogP contribution in [0.3, 0.4) is 0 Å². The van der Waals surface area contributed by atoms with Crippen molar-refractivity contribution in [1.29, 1.82) is 0 Å². The molecule has 0 radical (unpaired) electrons. The third-order valence-electron chi connectivity index (χ3n) is 5.56. The number of aromatic amines is 1. The molecule has 4 heterocycles. The fraction of sp³-hybridized carbons (Fsp3) is 0.611. The second kappa shape index (κ2) is 6.21. The van der Waals surface area contributed by atoms with Gasteiger partial charge in [-0.25, -0.2) is 0 Å². The van der Waals surface area contributed by atoms with Crippen molar-refractivity contribution in [2.24, 2.45) is 11.8 Å². The average molecular weight is 360 g/mol. The van der Waals surface area contributed by atoms with Crippen molar-refractivity contribution in [3.05, 3.63) is 29.6 Å². The quantitative estimate of drug-likeness (QED) is 0.728. The number of ether oxygens (including phenoxy) is 2. The molecule has 8 nitrogen and oxygen atoms in total. The van der Waals surface area contributed by atoms with Gasteiger partial charge in [0.15, 0.2) is 0 Å². The zero-order chi connectivity index (χ0) is 18.5. The van der Waals surface area contributed by atoms with Crippen LogP contribution in [0, 0.1) is 18.8 Å². The number of H-pyrrole nitrogens is 1. The monoisotopic (exact) mass is 360 g/mol. The molecule has 1 aromatic rings. The number of nitrogens with one attached hydrogen (secondary N) is 1. The number of carbonyl (C=O) groups is 2. The number of amides is 2. The molecule has 1 N–H and O–H groups in total. The summed E-state index contributed by atoms with van der Waals surface area (Å²) in [7, 11) is 3.36. The summed E-state index contributed by atoms with van der Waals surface area (Å²) < 4.78 is 11.2. The van der Waals surface area contributed by atoms with Gasteiger partial charge < -0.3 is 19.3 Å². The Bertz CT molecular complexity index is 760. The second-order valence-electron chi connectivity index (χ2n) is 7.39. The van der Waals surface area contributed by atoms with Crippen molar-refractivity contribution in [1.82, 2.24) is 20.0 Å². The lowest BCUT2D eigenvalue weighted by atomic mass is 9.76. The lowest BCUT2D eigenvalue weighted by molar-refractivity contribution is -0.142. The van der Waals surface area contributed by atoms with Crippen LogP contribution in [-0.2, 0) is 25.6 Å². The first-order valence-electron chi connectivity index (χ1n) is 8.86. The fourth-order valence-corrected chi connectivity index (χ4v) is 4.38. The van der Waals surface area contributed by atoms with Gasteiger partial charge in [-0.1, -0.05) is 12.2 Å². The molecule has 0 aromatic carbocycles. The van der Waals surface area contributed by atoms with Crippen LogP contribution in [0.15, 0.2) is 18.2 Å². The maximum absolute atomic E-state index is 13.1. The molecule has 4 atom stereocenters. The molecule has 0 saturated carbocycles. The van der Waals surface area contributed by atoms with Crippen molar-refractivity contribution >= 4 is 11.8 Å². The van der Waals surface area contributed by atoms with E-state index in [-0.39, 0.29) is 17.9 Å². The number of methoxy groups -OCH3 is 1. The van der Waals surface area contributed by atoms with Gasteiger partial charge in [-0.3, -0.25) is 14.7 Å². The van der Waals surface area contributed by atoms with E-state index in [1.807, 2.05) is 25.1 Å². The summed E-state index contributed by atoms with van der Waals surface area (Å²) in [6.07, 6.45) is 3.57. The van der Waals surface area contributed by atoms with Crippen LogP contribution in [0.25, 0.3) is 0 Å². The normalized spacial score (nSPS) is 31.7. The first-order chi connectivity index (χ1) is 12.4. The SMILES string of the molecule is COCCN1C[C@]23C=C[C@H](O2)C(C(=O)N(C)Cc2cc(C)[nH]n2)C3C1=O. The van der Waals surface area contributed by atoms with E-state index in [1.54, 1.807) is 24.0 Å². The highest BCUT2D eigenvalue weighted by Gasteiger charge is 2.66. The Morgan fingerprint density at radius 3 is 3.08 bits per heavy atom. The summed E-state index contributed by atoms with van der Waals surface area (Å²) in [5, 5.41) is 7.07. The van der Waals surface area contributed by atoms with E-state index < -0.39 is 17.4 Å². The standard InChI is InChI=1S/C18H24N4O4/c1-11-8-12(20-19-11)9-21(2)16(23)14-13-4-5-18(26-13)10-22(6-7-25-3)17(24)15(14)18/h4-5,8,13-15H,6-7,9-10H2,1-3H3,(H,19,20)/t13-,14?,15?,18-/m0/s1. The topological polar surface area (TPSA) is 87.8 Å². The van der Waals surface area contributed by atoms with E-state index in [4.69, 9.17) is 9.47 Å². The van der Waals surface area contributed by atoms with Gasteiger partial charge in [-0.15, -0.1) is 0 Å². The minimum absolute atomic E-state index is 0.0173. The predicted octanol–water partition coefficient (Wildman–Crippen LogP) is 0.105. The Hall–Kier alpha value is -2.19. The number of nitrogens with zero attached hydrogens (tertiary/aromatic N) is 3. The summed E-state index contributed by atoms with van der Waals surface area (Å²) >= 11 is 0. The molecule has 0 aliphatic carbocycles. The number of rotatable bonds is 6. The van der Waals surface area contributed by atoms with Gasteiger partial charge in [0, 0.05) is 26.4 Å². The molecule has 2 fully saturated rings. The Balaban J connectivity index is 1.52.